The van der Waals surface area contributed by atoms with Crippen molar-refractivity contribution in [3.8, 4) is 0 Å². The number of carbonyl (C=O) groups excluding carboxylic acids is 1. The Labute approximate surface area is 105 Å². The van der Waals surface area contributed by atoms with Gasteiger partial charge >= 0.3 is 0 Å². The standard InChI is InChI=1S/C11H18BrN3O/c1-14-8-7-13-10(14)9-15(2)11(16)5-3-4-6-12/h7-8H,3-6,9H2,1-2H3. The third kappa shape index (κ3) is 3.96. The van der Waals surface area contributed by atoms with E-state index in [2.05, 4.69) is 20.9 Å². The summed E-state index contributed by atoms with van der Waals surface area (Å²) in [6.45, 7) is 0.580. The lowest BCUT2D eigenvalue weighted by atomic mass is 10.2. The van der Waals surface area contributed by atoms with Gasteiger partial charge in [0.2, 0.25) is 5.91 Å². The van der Waals surface area contributed by atoms with Crippen LogP contribution in [0.25, 0.3) is 0 Å². The lowest BCUT2D eigenvalue weighted by Crippen LogP contribution is -2.27. The SMILES string of the molecule is CN(Cc1nccn1C)C(=O)CCCCBr. The van der Waals surface area contributed by atoms with E-state index in [9.17, 15) is 4.79 Å². The van der Waals surface area contributed by atoms with Crippen LogP contribution in [0.3, 0.4) is 0 Å². The van der Waals surface area contributed by atoms with Gasteiger partial charge in [0.05, 0.1) is 6.54 Å². The first-order chi connectivity index (χ1) is 7.65. The van der Waals surface area contributed by atoms with Gasteiger partial charge in [-0.2, -0.15) is 0 Å². The van der Waals surface area contributed by atoms with Gasteiger partial charge in [-0.3, -0.25) is 4.79 Å². The lowest BCUT2D eigenvalue weighted by Gasteiger charge is -2.16. The van der Waals surface area contributed by atoms with E-state index < -0.39 is 0 Å². The first-order valence-corrected chi connectivity index (χ1v) is 6.53. The molecule has 1 heterocycles. The topological polar surface area (TPSA) is 38.1 Å². The van der Waals surface area contributed by atoms with Crippen molar-refractivity contribution in [3.63, 3.8) is 0 Å². The molecule has 0 aliphatic heterocycles. The fourth-order valence-corrected chi connectivity index (χ4v) is 1.81. The van der Waals surface area contributed by atoms with Crippen molar-refractivity contribution >= 4 is 21.8 Å². The Morgan fingerprint density at radius 2 is 2.31 bits per heavy atom. The van der Waals surface area contributed by atoms with Crippen LogP contribution in [-0.2, 0) is 18.4 Å². The highest BCUT2D eigenvalue weighted by molar-refractivity contribution is 9.09. The summed E-state index contributed by atoms with van der Waals surface area (Å²) < 4.78 is 1.93. The summed E-state index contributed by atoms with van der Waals surface area (Å²) in [6, 6.07) is 0. The quantitative estimate of drug-likeness (QED) is 0.592. The zero-order valence-electron chi connectivity index (χ0n) is 9.82. The molecule has 5 heteroatoms. The van der Waals surface area contributed by atoms with Gasteiger partial charge in [-0.05, 0) is 12.8 Å². The number of nitrogens with zero attached hydrogens (tertiary/aromatic N) is 3. The monoisotopic (exact) mass is 287 g/mol. The van der Waals surface area contributed by atoms with Crippen LogP contribution in [0.15, 0.2) is 12.4 Å². The lowest BCUT2D eigenvalue weighted by molar-refractivity contribution is -0.130. The second kappa shape index (κ2) is 6.68. The average Bonchev–Trinajstić information content (AvgIpc) is 2.64. The average molecular weight is 288 g/mol. The number of amides is 1. The molecule has 0 atom stereocenters. The molecule has 4 nitrogen and oxygen atoms in total. The van der Waals surface area contributed by atoms with Crippen LogP contribution in [0.1, 0.15) is 25.1 Å². The summed E-state index contributed by atoms with van der Waals surface area (Å²) in [5.41, 5.74) is 0. The molecule has 0 unspecified atom stereocenters. The molecule has 0 aromatic carbocycles. The van der Waals surface area contributed by atoms with Crippen LogP contribution in [0, 0.1) is 0 Å². The zero-order chi connectivity index (χ0) is 12.0. The summed E-state index contributed by atoms with van der Waals surface area (Å²) in [5.74, 6) is 1.10. The molecule has 1 amide bonds. The first kappa shape index (κ1) is 13.2. The number of unbranched alkanes of at least 4 members (excludes halogenated alkanes) is 1. The molecule has 0 aliphatic carbocycles. The van der Waals surface area contributed by atoms with E-state index in [4.69, 9.17) is 0 Å². The van der Waals surface area contributed by atoms with Gasteiger partial charge < -0.3 is 9.47 Å². The van der Waals surface area contributed by atoms with Crippen molar-refractivity contribution in [2.75, 3.05) is 12.4 Å². The Hall–Kier alpha value is -0.840. The maximum Gasteiger partial charge on any atom is 0.222 e. The summed E-state index contributed by atoms with van der Waals surface area (Å²) in [7, 11) is 3.76. The van der Waals surface area contributed by atoms with Crippen LogP contribution in [-0.4, -0.2) is 32.7 Å². The van der Waals surface area contributed by atoms with E-state index in [1.807, 2.05) is 24.9 Å². The van der Waals surface area contributed by atoms with Gasteiger partial charge in [0.15, 0.2) is 0 Å². The van der Waals surface area contributed by atoms with Crippen molar-refractivity contribution in [2.24, 2.45) is 7.05 Å². The number of imidazole rings is 1. The van der Waals surface area contributed by atoms with E-state index in [0.29, 0.717) is 13.0 Å². The van der Waals surface area contributed by atoms with Gasteiger partial charge in [-0.25, -0.2) is 4.98 Å². The minimum atomic E-state index is 0.184. The van der Waals surface area contributed by atoms with Crippen LogP contribution in [0.2, 0.25) is 0 Å². The predicted molar refractivity (Wildman–Crippen MR) is 67.3 cm³/mol. The number of aromatic nitrogens is 2. The molecule has 1 aromatic heterocycles. The molecular formula is C11H18BrN3O. The number of carbonyl (C=O) groups is 1. The molecule has 0 N–H and O–H groups in total. The predicted octanol–water partition coefficient (Wildman–Crippen LogP) is 1.94. The first-order valence-electron chi connectivity index (χ1n) is 5.41. The number of aryl methyl sites for hydroxylation is 1. The molecule has 0 bridgehead atoms. The van der Waals surface area contributed by atoms with Crippen LogP contribution < -0.4 is 0 Å². The van der Waals surface area contributed by atoms with Crippen molar-refractivity contribution < 1.29 is 4.79 Å². The summed E-state index contributed by atoms with van der Waals surface area (Å²) >= 11 is 3.36. The molecule has 0 saturated carbocycles. The van der Waals surface area contributed by atoms with Gasteiger partial charge in [-0.15, -0.1) is 0 Å². The number of alkyl halides is 1. The molecule has 0 saturated heterocycles. The smallest absolute Gasteiger partial charge is 0.222 e. The van der Waals surface area contributed by atoms with Crippen molar-refractivity contribution in [1.82, 2.24) is 14.5 Å². The third-order valence-corrected chi connectivity index (χ3v) is 3.06. The molecular weight excluding hydrogens is 270 g/mol. The highest BCUT2D eigenvalue weighted by atomic mass is 79.9. The molecule has 90 valence electrons. The van der Waals surface area contributed by atoms with Gasteiger partial charge in [0.25, 0.3) is 0 Å². The second-order valence-corrected chi connectivity index (χ2v) is 4.64. The van der Waals surface area contributed by atoms with Crippen LogP contribution in [0.4, 0.5) is 0 Å². The highest BCUT2D eigenvalue weighted by Gasteiger charge is 2.10. The number of halogens is 1. The number of hydrogen-bond donors (Lipinski definition) is 0. The summed E-state index contributed by atoms with van der Waals surface area (Å²) in [5, 5.41) is 0.962. The Morgan fingerprint density at radius 3 is 2.88 bits per heavy atom. The van der Waals surface area contributed by atoms with Gasteiger partial charge in [-0.1, -0.05) is 15.9 Å². The Morgan fingerprint density at radius 1 is 1.56 bits per heavy atom. The van der Waals surface area contributed by atoms with Crippen LogP contribution >= 0.6 is 15.9 Å². The minimum Gasteiger partial charge on any atom is -0.338 e. The minimum absolute atomic E-state index is 0.184. The van der Waals surface area contributed by atoms with E-state index in [1.54, 1.807) is 11.1 Å². The fourth-order valence-electron chi connectivity index (χ4n) is 1.41. The van der Waals surface area contributed by atoms with E-state index in [-0.39, 0.29) is 5.91 Å². The highest BCUT2D eigenvalue weighted by Crippen LogP contribution is 2.05. The zero-order valence-corrected chi connectivity index (χ0v) is 11.4. The Balaban J connectivity index is 2.37. The molecule has 1 aromatic rings. The fraction of sp³-hybridized carbons (Fsp3) is 0.636. The number of hydrogen-bond acceptors (Lipinski definition) is 2. The normalized spacial score (nSPS) is 10.4. The van der Waals surface area contributed by atoms with E-state index in [0.717, 1.165) is 24.0 Å². The molecule has 0 fully saturated rings. The Bertz CT molecular complexity index is 338. The summed E-state index contributed by atoms with van der Waals surface area (Å²) in [6.07, 6.45) is 6.24. The summed E-state index contributed by atoms with van der Waals surface area (Å²) in [4.78, 5) is 17.7. The maximum atomic E-state index is 11.7. The molecule has 0 radical (unpaired) electrons. The molecule has 1 rings (SSSR count). The second-order valence-electron chi connectivity index (χ2n) is 3.85. The number of rotatable bonds is 6. The van der Waals surface area contributed by atoms with Crippen molar-refractivity contribution in [3.05, 3.63) is 18.2 Å². The van der Waals surface area contributed by atoms with Gasteiger partial charge in [0.1, 0.15) is 5.82 Å². The Kier molecular flexibility index (Phi) is 5.52. The molecule has 0 spiro atoms. The largest absolute Gasteiger partial charge is 0.338 e. The molecule has 16 heavy (non-hydrogen) atoms. The third-order valence-electron chi connectivity index (χ3n) is 2.50. The van der Waals surface area contributed by atoms with E-state index in [1.165, 1.54) is 0 Å². The van der Waals surface area contributed by atoms with Gasteiger partial charge in [0, 0.05) is 38.2 Å². The molecule has 0 aliphatic rings. The van der Waals surface area contributed by atoms with Crippen molar-refractivity contribution in [1.29, 1.82) is 0 Å². The van der Waals surface area contributed by atoms with E-state index >= 15 is 0 Å². The van der Waals surface area contributed by atoms with Crippen LogP contribution in [0.5, 0.6) is 0 Å². The maximum absolute atomic E-state index is 11.7. The van der Waals surface area contributed by atoms with Crippen molar-refractivity contribution in [2.45, 2.75) is 25.8 Å².